The van der Waals surface area contributed by atoms with Gasteiger partial charge in [0.2, 0.25) is 0 Å². The van der Waals surface area contributed by atoms with E-state index in [2.05, 4.69) is 15.3 Å². The highest BCUT2D eigenvalue weighted by molar-refractivity contribution is 5.96. The van der Waals surface area contributed by atoms with E-state index in [1.807, 2.05) is 24.3 Å². The summed E-state index contributed by atoms with van der Waals surface area (Å²) in [6.07, 6.45) is -3.03. The topological polar surface area (TPSA) is 58.0 Å². The van der Waals surface area contributed by atoms with Crippen LogP contribution in [0.15, 0.2) is 73.1 Å². The number of hydrogen-bond acceptors (Lipinski definition) is 4. The van der Waals surface area contributed by atoms with E-state index < -0.39 is 11.7 Å². The van der Waals surface area contributed by atoms with E-state index >= 15 is 0 Å². The summed E-state index contributed by atoms with van der Waals surface area (Å²) in [5.41, 5.74) is 1.08. The predicted molar refractivity (Wildman–Crippen MR) is 109 cm³/mol. The van der Waals surface area contributed by atoms with Gasteiger partial charge in [0.05, 0.1) is 11.3 Å². The highest BCUT2D eigenvalue weighted by atomic mass is 35.5. The van der Waals surface area contributed by atoms with Crippen LogP contribution >= 0.6 is 12.4 Å². The van der Waals surface area contributed by atoms with Gasteiger partial charge in [0.25, 0.3) is 0 Å². The molecule has 2 N–H and O–H groups in total. The van der Waals surface area contributed by atoms with Crippen LogP contribution in [0.4, 0.5) is 24.7 Å². The lowest BCUT2D eigenvalue weighted by molar-refractivity contribution is -0.137. The smallest absolute Gasteiger partial charge is 0.416 e. The zero-order valence-electron chi connectivity index (χ0n) is 14.8. The Morgan fingerprint density at radius 2 is 1.62 bits per heavy atom. The molecule has 0 atom stereocenters. The minimum atomic E-state index is -4.38. The van der Waals surface area contributed by atoms with Gasteiger partial charge in [-0.25, -0.2) is 9.97 Å². The highest BCUT2D eigenvalue weighted by Crippen LogP contribution is 2.32. The molecule has 148 valence electrons. The summed E-state index contributed by atoms with van der Waals surface area (Å²) >= 11 is 0. The minimum Gasteiger partial charge on any atom is -0.508 e. The van der Waals surface area contributed by atoms with Crippen LogP contribution in [-0.4, -0.2) is 15.1 Å². The van der Waals surface area contributed by atoms with Crippen molar-refractivity contribution < 1.29 is 18.3 Å². The molecule has 4 nitrogen and oxygen atoms in total. The predicted octanol–water partition coefficient (Wildman–Crippen LogP) is 6.19. The van der Waals surface area contributed by atoms with E-state index in [0.717, 1.165) is 28.6 Å². The Balaban J connectivity index is 0.00000240. The molecule has 3 aromatic carbocycles. The van der Waals surface area contributed by atoms with Gasteiger partial charge >= 0.3 is 6.18 Å². The van der Waals surface area contributed by atoms with E-state index in [9.17, 15) is 18.3 Å². The van der Waals surface area contributed by atoms with Crippen molar-refractivity contribution in [2.75, 3.05) is 5.32 Å². The number of phenolic OH excluding ortho intramolecular Hbond substituents is 1. The van der Waals surface area contributed by atoms with E-state index in [0.29, 0.717) is 17.1 Å². The standard InChI is InChI=1S/C21H14F3N3O.ClH/c22-21(23,24)15-7-4-14(5-8-15)19-11-20(26-12-25-19)27-18-3-1-2-13-6-9-16(28)10-17(13)18;/h1-12,28H,(H,25,26,27);1H. The fourth-order valence-electron chi connectivity index (χ4n) is 2.92. The molecular weight excluding hydrogens is 403 g/mol. The largest absolute Gasteiger partial charge is 0.508 e. The quantitative estimate of drug-likeness (QED) is 0.417. The fraction of sp³-hybridized carbons (Fsp3) is 0.0476. The second-order valence-electron chi connectivity index (χ2n) is 6.20. The van der Waals surface area contributed by atoms with Crippen LogP contribution in [0.1, 0.15) is 5.56 Å². The summed E-state index contributed by atoms with van der Waals surface area (Å²) in [7, 11) is 0. The third-order valence-electron chi connectivity index (χ3n) is 4.30. The number of hydrogen-bond donors (Lipinski definition) is 2. The first kappa shape index (κ1) is 20.4. The summed E-state index contributed by atoms with van der Waals surface area (Å²) in [5, 5.41) is 14.7. The lowest BCUT2D eigenvalue weighted by Gasteiger charge is -2.11. The molecule has 1 aromatic heterocycles. The Morgan fingerprint density at radius 1 is 0.862 bits per heavy atom. The van der Waals surface area contributed by atoms with Gasteiger partial charge in [-0.1, -0.05) is 30.3 Å². The Hall–Kier alpha value is -3.32. The first-order valence-corrected chi connectivity index (χ1v) is 8.38. The van der Waals surface area contributed by atoms with Gasteiger partial charge in [-0.3, -0.25) is 0 Å². The van der Waals surface area contributed by atoms with Gasteiger partial charge < -0.3 is 10.4 Å². The molecule has 0 amide bonds. The number of halogens is 4. The molecule has 4 rings (SSSR count). The Bertz CT molecular complexity index is 1150. The van der Waals surface area contributed by atoms with Crippen molar-refractivity contribution in [2.45, 2.75) is 6.18 Å². The number of fused-ring (bicyclic) bond motifs is 1. The number of anilines is 2. The number of alkyl halides is 3. The zero-order chi connectivity index (χ0) is 19.7. The molecule has 0 radical (unpaired) electrons. The molecule has 0 aliphatic rings. The van der Waals surface area contributed by atoms with Crippen LogP contribution in [0.3, 0.4) is 0 Å². The average molecular weight is 418 g/mol. The van der Waals surface area contributed by atoms with Gasteiger partial charge in [-0.05, 0) is 35.7 Å². The van der Waals surface area contributed by atoms with E-state index in [1.54, 1.807) is 18.2 Å². The molecule has 8 heteroatoms. The lowest BCUT2D eigenvalue weighted by Crippen LogP contribution is -2.04. The first-order valence-electron chi connectivity index (χ1n) is 8.38. The van der Waals surface area contributed by atoms with Crippen LogP contribution in [0.2, 0.25) is 0 Å². The van der Waals surface area contributed by atoms with Crippen LogP contribution in [0.25, 0.3) is 22.0 Å². The molecule has 0 aliphatic carbocycles. The van der Waals surface area contributed by atoms with Crippen molar-refractivity contribution in [1.82, 2.24) is 9.97 Å². The molecule has 0 saturated heterocycles. The number of nitrogens with zero attached hydrogens (tertiary/aromatic N) is 2. The number of rotatable bonds is 3. The van der Waals surface area contributed by atoms with Crippen molar-refractivity contribution in [3.8, 4) is 17.0 Å². The van der Waals surface area contributed by atoms with Gasteiger partial charge in [-0.2, -0.15) is 13.2 Å². The third kappa shape index (κ3) is 4.41. The number of phenols is 1. The molecule has 0 unspecified atom stereocenters. The van der Waals surface area contributed by atoms with Crippen LogP contribution < -0.4 is 5.32 Å². The molecule has 1 heterocycles. The third-order valence-corrected chi connectivity index (χ3v) is 4.30. The highest BCUT2D eigenvalue weighted by Gasteiger charge is 2.30. The monoisotopic (exact) mass is 417 g/mol. The number of benzene rings is 3. The van der Waals surface area contributed by atoms with E-state index in [4.69, 9.17) is 0 Å². The molecule has 4 aromatic rings. The molecule has 29 heavy (non-hydrogen) atoms. The molecule has 0 bridgehead atoms. The molecule has 0 saturated carbocycles. The maximum Gasteiger partial charge on any atom is 0.416 e. The summed E-state index contributed by atoms with van der Waals surface area (Å²) < 4.78 is 38.2. The summed E-state index contributed by atoms with van der Waals surface area (Å²) in [5.74, 6) is 0.635. The maximum atomic E-state index is 12.7. The zero-order valence-corrected chi connectivity index (χ0v) is 15.6. The molecular formula is C21H15ClF3N3O. The molecule has 0 spiro atoms. The van der Waals surface area contributed by atoms with Crippen molar-refractivity contribution in [3.05, 3.63) is 78.6 Å². The summed E-state index contributed by atoms with van der Waals surface area (Å²) in [6, 6.07) is 17.2. The number of aromatic hydroxyl groups is 1. The van der Waals surface area contributed by atoms with E-state index in [-0.39, 0.29) is 18.2 Å². The maximum absolute atomic E-state index is 12.7. The van der Waals surface area contributed by atoms with Crippen molar-refractivity contribution in [1.29, 1.82) is 0 Å². The Kier molecular flexibility index (Phi) is 5.61. The fourth-order valence-corrected chi connectivity index (χ4v) is 2.92. The molecule has 0 aliphatic heterocycles. The average Bonchev–Trinajstić information content (AvgIpc) is 2.68. The Morgan fingerprint density at radius 3 is 2.34 bits per heavy atom. The first-order chi connectivity index (χ1) is 13.4. The van der Waals surface area contributed by atoms with Gasteiger partial charge in [-0.15, -0.1) is 12.4 Å². The lowest BCUT2D eigenvalue weighted by atomic mass is 10.1. The molecule has 0 fully saturated rings. The second-order valence-corrected chi connectivity index (χ2v) is 6.20. The SMILES string of the molecule is Cl.Oc1ccc2cccc(Nc3cc(-c4ccc(C(F)(F)F)cc4)ncn3)c2c1. The summed E-state index contributed by atoms with van der Waals surface area (Å²) in [4.78, 5) is 8.33. The van der Waals surface area contributed by atoms with Gasteiger partial charge in [0.15, 0.2) is 0 Å². The van der Waals surface area contributed by atoms with Crippen LogP contribution in [-0.2, 0) is 6.18 Å². The normalized spacial score (nSPS) is 11.1. The van der Waals surface area contributed by atoms with Gasteiger partial charge in [0, 0.05) is 22.7 Å². The summed E-state index contributed by atoms with van der Waals surface area (Å²) in [6.45, 7) is 0. The van der Waals surface area contributed by atoms with Crippen LogP contribution in [0.5, 0.6) is 5.75 Å². The van der Waals surface area contributed by atoms with Gasteiger partial charge in [0.1, 0.15) is 17.9 Å². The Labute approximate surface area is 170 Å². The van der Waals surface area contributed by atoms with Crippen molar-refractivity contribution >= 4 is 34.7 Å². The number of nitrogens with one attached hydrogen (secondary N) is 1. The van der Waals surface area contributed by atoms with Crippen molar-refractivity contribution in [2.24, 2.45) is 0 Å². The minimum absolute atomic E-state index is 0. The number of aromatic nitrogens is 2. The van der Waals surface area contributed by atoms with Crippen LogP contribution in [0, 0.1) is 0 Å². The van der Waals surface area contributed by atoms with E-state index in [1.165, 1.54) is 18.5 Å². The van der Waals surface area contributed by atoms with Crippen molar-refractivity contribution in [3.63, 3.8) is 0 Å². The second kappa shape index (κ2) is 7.97.